The Bertz CT molecular complexity index is 178. The van der Waals surface area contributed by atoms with Crippen LogP contribution in [0.5, 0.6) is 0 Å². The number of hydrogen-bond donors (Lipinski definition) is 1. The van der Waals surface area contributed by atoms with E-state index >= 15 is 0 Å². The van der Waals surface area contributed by atoms with Gasteiger partial charge in [-0.15, -0.1) is 0 Å². The van der Waals surface area contributed by atoms with Crippen LogP contribution in [0.1, 0.15) is 72.1 Å². The maximum absolute atomic E-state index is 6.40. The third-order valence-corrected chi connectivity index (χ3v) is 4.46. The molecule has 0 heterocycles. The maximum atomic E-state index is 6.40. The van der Waals surface area contributed by atoms with E-state index in [0.717, 1.165) is 17.8 Å². The number of rotatable bonds is 6. The molecule has 1 saturated carbocycles. The molecule has 16 heavy (non-hydrogen) atoms. The monoisotopic (exact) mass is 225 g/mol. The van der Waals surface area contributed by atoms with Crippen LogP contribution in [0.3, 0.4) is 0 Å². The molecule has 0 spiro atoms. The van der Waals surface area contributed by atoms with Crippen molar-refractivity contribution in [2.75, 3.05) is 0 Å². The fourth-order valence-corrected chi connectivity index (χ4v) is 3.36. The first kappa shape index (κ1) is 14.0. The van der Waals surface area contributed by atoms with Crippen molar-refractivity contribution in [2.45, 2.75) is 78.2 Å². The minimum absolute atomic E-state index is 0.468. The molecule has 1 fully saturated rings. The molecule has 2 N–H and O–H groups in total. The molecular formula is C15H31N. The molecule has 4 atom stereocenters. The van der Waals surface area contributed by atoms with E-state index in [0.29, 0.717) is 6.04 Å². The molecular weight excluding hydrogens is 194 g/mol. The summed E-state index contributed by atoms with van der Waals surface area (Å²) in [5.41, 5.74) is 6.40. The molecule has 96 valence electrons. The van der Waals surface area contributed by atoms with Crippen LogP contribution in [-0.2, 0) is 0 Å². The van der Waals surface area contributed by atoms with Crippen LogP contribution < -0.4 is 5.73 Å². The van der Waals surface area contributed by atoms with Crippen molar-refractivity contribution in [2.24, 2.45) is 23.5 Å². The third kappa shape index (κ3) is 4.45. The van der Waals surface area contributed by atoms with Crippen LogP contribution >= 0.6 is 0 Å². The summed E-state index contributed by atoms with van der Waals surface area (Å²) >= 11 is 0. The molecule has 1 heteroatoms. The van der Waals surface area contributed by atoms with Crippen LogP contribution in [0.4, 0.5) is 0 Å². The van der Waals surface area contributed by atoms with Gasteiger partial charge in [0.25, 0.3) is 0 Å². The maximum Gasteiger partial charge on any atom is 0.00697 e. The molecule has 0 aromatic carbocycles. The Morgan fingerprint density at radius 3 is 2.62 bits per heavy atom. The lowest BCUT2D eigenvalue weighted by atomic mass is 9.75. The summed E-state index contributed by atoms with van der Waals surface area (Å²) in [7, 11) is 0. The molecule has 1 nitrogen and oxygen atoms in total. The van der Waals surface area contributed by atoms with Crippen molar-refractivity contribution < 1.29 is 0 Å². The van der Waals surface area contributed by atoms with Crippen LogP contribution in [0.2, 0.25) is 0 Å². The summed E-state index contributed by atoms with van der Waals surface area (Å²) in [5.74, 6) is 2.60. The summed E-state index contributed by atoms with van der Waals surface area (Å²) < 4.78 is 0. The molecule has 0 saturated heterocycles. The summed E-state index contributed by atoms with van der Waals surface area (Å²) in [4.78, 5) is 0. The lowest BCUT2D eigenvalue weighted by Crippen LogP contribution is -2.35. The van der Waals surface area contributed by atoms with Crippen molar-refractivity contribution in [3.8, 4) is 0 Å². The van der Waals surface area contributed by atoms with E-state index in [1.54, 1.807) is 0 Å². The SMILES string of the molecule is CCCC(C)CC(N)C1CCCC(CC)C1. The van der Waals surface area contributed by atoms with E-state index in [9.17, 15) is 0 Å². The fourth-order valence-electron chi connectivity index (χ4n) is 3.36. The van der Waals surface area contributed by atoms with Gasteiger partial charge in [0.2, 0.25) is 0 Å². The van der Waals surface area contributed by atoms with Gasteiger partial charge in [-0.2, -0.15) is 0 Å². The van der Waals surface area contributed by atoms with Gasteiger partial charge >= 0.3 is 0 Å². The Kier molecular flexibility index (Phi) is 6.41. The van der Waals surface area contributed by atoms with Gasteiger partial charge in [0.15, 0.2) is 0 Å². The molecule has 0 aliphatic heterocycles. The van der Waals surface area contributed by atoms with E-state index in [2.05, 4.69) is 20.8 Å². The zero-order valence-corrected chi connectivity index (χ0v) is 11.5. The summed E-state index contributed by atoms with van der Waals surface area (Å²) in [5, 5.41) is 0. The van der Waals surface area contributed by atoms with E-state index in [4.69, 9.17) is 5.73 Å². The first-order valence-corrected chi connectivity index (χ1v) is 7.42. The topological polar surface area (TPSA) is 26.0 Å². The molecule has 1 rings (SSSR count). The second kappa shape index (κ2) is 7.32. The largest absolute Gasteiger partial charge is 0.327 e. The lowest BCUT2D eigenvalue weighted by molar-refractivity contribution is 0.211. The average Bonchev–Trinajstić information content (AvgIpc) is 2.29. The van der Waals surface area contributed by atoms with E-state index in [-0.39, 0.29) is 0 Å². The van der Waals surface area contributed by atoms with Gasteiger partial charge in [0, 0.05) is 6.04 Å². The molecule has 1 aliphatic carbocycles. The van der Waals surface area contributed by atoms with Gasteiger partial charge in [-0.05, 0) is 37.0 Å². The minimum Gasteiger partial charge on any atom is -0.327 e. The Labute approximate surface area is 102 Å². The number of nitrogens with two attached hydrogens (primary N) is 1. The van der Waals surface area contributed by atoms with Crippen molar-refractivity contribution in [1.82, 2.24) is 0 Å². The smallest absolute Gasteiger partial charge is 0.00697 e. The molecule has 1 aliphatic rings. The predicted octanol–water partition coefficient (Wildman–Crippen LogP) is 4.36. The first-order chi connectivity index (χ1) is 7.67. The van der Waals surface area contributed by atoms with Crippen LogP contribution in [0, 0.1) is 17.8 Å². The van der Waals surface area contributed by atoms with Gasteiger partial charge in [-0.3, -0.25) is 0 Å². The van der Waals surface area contributed by atoms with Crippen molar-refractivity contribution >= 4 is 0 Å². The van der Waals surface area contributed by atoms with Gasteiger partial charge in [0.05, 0.1) is 0 Å². The quantitative estimate of drug-likeness (QED) is 0.714. The van der Waals surface area contributed by atoms with Gasteiger partial charge in [-0.1, -0.05) is 52.9 Å². The van der Waals surface area contributed by atoms with Crippen LogP contribution in [0.15, 0.2) is 0 Å². The predicted molar refractivity (Wildman–Crippen MR) is 72.4 cm³/mol. The Balaban J connectivity index is 2.32. The third-order valence-electron chi connectivity index (χ3n) is 4.46. The van der Waals surface area contributed by atoms with Crippen LogP contribution in [-0.4, -0.2) is 6.04 Å². The van der Waals surface area contributed by atoms with E-state index in [1.807, 2.05) is 0 Å². The highest BCUT2D eigenvalue weighted by atomic mass is 14.7. The van der Waals surface area contributed by atoms with Crippen molar-refractivity contribution in [3.63, 3.8) is 0 Å². The summed E-state index contributed by atoms with van der Waals surface area (Å²) in [6.45, 7) is 6.97. The lowest BCUT2D eigenvalue weighted by Gasteiger charge is -2.33. The zero-order valence-electron chi connectivity index (χ0n) is 11.5. The molecule has 0 aromatic rings. The van der Waals surface area contributed by atoms with Gasteiger partial charge in [-0.25, -0.2) is 0 Å². The van der Waals surface area contributed by atoms with E-state index < -0.39 is 0 Å². The molecule has 0 radical (unpaired) electrons. The minimum atomic E-state index is 0.468. The zero-order chi connectivity index (χ0) is 12.0. The van der Waals surface area contributed by atoms with Gasteiger partial charge < -0.3 is 5.73 Å². The van der Waals surface area contributed by atoms with Crippen molar-refractivity contribution in [3.05, 3.63) is 0 Å². The number of hydrogen-bond acceptors (Lipinski definition) is 1. The summed E-state index contributed by atoms with van der Waals surface area (Å²) in [6.07, 6.45) is 10.9. The summed E-state index contributed by atoms with van der Waals surface area (Å²) in [6, 6.07) is 0.468. The molecule has 0 aromatic heterocycles. The molecule has 0 bridgehead atoms. The van der Waals surface area contributed by atoms with Gasteiger partial charge in [0.1, 0.15) is 0 Å². The fraction of sp³-hybridized carbons (Fsp3) is 1.00. The first-order valence-electron chi connectivity index (χ1n) is 7.42. The van der Waals surface area contributed by atoms with Crippen LogP contribution in [0.25, 0.3) is 0 Å². The second-order valence-corrected chi connectivity index (χ2v) is 5.99. The normalized spacial score (nSPS) is 30.0. The highest BCUT2D eigenvalue weighted by Crippen LogP contribution is 2.34. The highest BCUT2D eigenvalue weighted by Gasteiger charge is 2.26. The van der Waals surface area contributed by atoms with E-state index in [1.165, 1.54) is 51.4 Å². The molecule has 0 amide bonds. The molecule has 4 unspecified atom stereocenters. The Morgan fingerprint density at radius 1 is 1.25 bits per heavy atom. The highest BCUT2D eigenvalue weighted by molar-refractivity contribution is 4.81. The average molecular weight is 225 g/mol. The van der Waals surface area contributed by atoms with Crippen molar-refractivity contribution in [1.29, 1.82) is 0 Å². The standard InChI is InChI=1S/C15H31N/c1-4-7-12(3)10-15(16)14-9-6-8-13(5-2)11-14/h12-15H,4-11,16H2,1-3H3. The Hall–Kier alpha value is -0.0400. The Morgan fingerprint density at radius 2 is 2.00 bits per heavy atom. The second-order valence-electron chi connectivity index (χ2n) is 5.99.